The van der Waals surface area contributed by atoms with E-state index in [2.05, 4.69) is 5.32 Å². The van der Waals surface area contributed by atoms with Gasteiger partial charge in [0.15, 0.2) is 0 Å². The fraction of sp³-hybridized carbons (Fsp3) is 0.333. The molecule has 3 rings (SSSR count). The number of rotatable bonds is 6. The molecule has 2 aromatic rings. The summed E-state index contributed by atoms with van der Waals surface area (Å²) in [6, 6.07) is 14.6. The third kappa shape index (κ3) is 4.80. The van der Waals surface area contributed by atoms with Crippen molar-refractivity contribution >= 4 is 29.1 Å². The van der Waals surface area contributed by atoms with Crippen molar-refractivity contribution < 1.29 is 14.3 Å². The maximum absolute atomic E-state index is 12.6. The number of carbonyl (C=O) groups is 2. The van der Waals surface area contributed by atoms with Crippen LogP contribution in [0.1, 0.15) is 25.8 Å². The topological polar surface area (TPSA) is 58.6 Å². The Labute approximate surface area is 164 Å². The van der Waals surface area contributed by atoms with Crippen molar-refractivity contribution in [2.45, 2.75) is 32.9 Å². The van der Waals surface area contributed by atoms with Crippen LogP contribution in [0.3, 0.4) is 0 Å². The Kier molecular flexibility index (Phi) is 6.01. The average Bonchev–Trinajstić information content (AvgIpc) is 3.03. The lowest BCUT2D eigenvalue weighted by molar-refractivity contribution is -0.132. The van der Waals surface area contributed by atoms with E-state index in [1.54, 1.807) is 29.2 Å². The summed E-state index contributed by atoms with van der Waals surface area (Å²) in [6.45, 7) is 4.85. The molecule has 1 aliphatic heterocycles. The highest BCUT2D eigenvalue weighted by Gasteiger charge is 2.37. The van der Waals surface area contributed by atoms with Crippen LogP contribution in [-0.4, -0.2) is 24.5 Å². The van der Waals surface area contributed by atoms with Crippen molar-refractivity contribution in [3.05, 3.63) is 59.1 Å². The minimum absolute atomic E-state index is 0.118. The molecule has 1 aliphatic rings. The van der Waals surface area contributed by atoms with E-state index in [0.29, 0.717) is 24.5 Å². The SMILES string of the molecule is CC(C)Oc1ccc(CNC(=O)C2CCN(c3ccc(Cl)cc3)C2=O)cc1. The van der Waals surface area contributed by atoms with Crippen LogP contribution in [0.4, 0.5) is 5.69 Å². The second-order valence-corrected chi connectivity index (χ2v) is 7.27. The molecule has 2 amide bonds. The van der Waals surface area contributed by atoms with Gasteiger partial charge in [0, 0.05) is 23.8 Å². The largest absolute Gasteiger partial charge is 0.491 e. The third-order valence-electron chi connectivity index (χ3n) is 4.42. The van der Waals surface area contributed by atoms with Gasteiger partial charge in [-0.15, -0.1) is 0 Å². The molecule has 27 heavy (non-hydrogen) atoms. The second kappa shape index (κ2) is 8.44. The molecule has 0 aliphatic carbocycles. The van der Waals surface area contributed by atoms with E-state index in [1.807, 2.05) is 38.1 Å². The van der Waals surface area contributed by atoms with Crippen molar-refractivity contribution in [2.75, 3.05) is 11.4 Å². The molecule has 5 nitrogen and oxygen atoms in total. The molecule has 1 fully saturated rings. The smallest absolute Gasteiger partial charge is 0.239 e. The molecule has 1 saturated heterocycles. The summed E-state index contributed by atoms with van der Waals surface area (Å²) in [7, 11) is 0. The number of amides is 2. The summed E-state index contributed by atoms with van der Waals surface area (Å²) < 4.78 is 5.61. The van der Waals surface area contributed by atoms with E-state index in [0.717, 1.165) is 17.0 Å². The van der Waals surface area contributed by atoms with Crippen LogP contribution in [-0.2, 0) is 16.1 Å². The minimum atomic E-state index is -0.649. The predicted molar refractivity (Wildman–Crippen MR) is 106 cm³/mol. The molecule has 142 valence electrons. The van der Waals surface area contributed by atoms with Crippen LogP contribution in [0.15, 0.2) is 48.5 Å². The Bertz CT molecular complexity index is 803. The number of benzene rings is 2. The minimum Gasteiger partial charge on any atom is -0.491 e. The fourth-order valence-electron chi connectivity index (χ4n) is 3.07. The number of carbonyl (C=O) groups excluding carboxylic acids is 2. The van der Waals surface area contributed by atoms with Crippen molar-refractivity contribution in [3.63, 3.8) is 0 Å². The molecule has 1 unspecified atom stereocenters. The number of nitrogens with one attached hydrogen (secondary N) is 1. The van der Waals surface area contributed by atoms with Gasteiger partial charge in [-0.3, -0.25) is 9.59 Å². The first-order chi connectivity index (χ1) is 12.9. The van der Waals surface area contributed by atoms with Gasteiger partial charge in [0.1, 0.15) is 11.7 Å². The first kappa shape index (κ1) is 19.2. The van der Waals surface area contributed by atoms with Crippen LogP contribution in [0.5, 0.6) is 5.75 Å². The van der Waals surface area contributed by atoms with E-state index in [4.69, 9.17) is 16.3 Å². The summed E-state index contributed by atoms with van der Waals surface area (Å²) >= 11 is 5.89. The highest BCUT2D eigenvalue weighted by atomic mass is 35.5. The van der Waals surface area contributed by atoms with Crippen molar-refractivity contribution in [2.24, 2.45) is 5.92 Å². The zero-order chi connectivity index (χ0) is 19.4. The first-order valence-corrected chi connectivity index (χ1v) is 9.42. The second-order valence-electron chi connectivity index (χ2n) is 6.84. The molecule has 2 aromatic carbocycles. The standard InChI is InChI=1S/C21H23ClN2O3/c1-14(2)27-18-9-3-15(4-10-18)13-23-20(25)19-11-12-24(21(19)26)17-7-5-16(22)6-8-17/h3-10,14,19H,11-13H2,1-2H3,(H,23,25). The Morgan fingerprint density at radius 3 is 2.48 bits per heavy atom. The Morgan fingerprint density at radius 1 is 1.19 bits per heavy atom. The van der Waals surface area contributed by atoms with Gasteiger partial charge in [0.25, 0.3) is 0 Å². The summed E-state index contributed by atoms with van der Waals surface area (Å²) in [5.74, 6) is -0.261. The Hall–Kier alpha value is -2.53. The normalized spacial score (nSPS) is 16.7. The summed E-state index contributed by atoms with van der Waals surface area (Å²) in [4.78, 5) is 26.7. The van der Waals surface area contributed by atoms with Crippen molar-refractivity contribution in [1.82, 2.24) is 5.32 Å². The maximum Gasteiger partial charge on any atom is 0.239 e. The molecule has 0 radical (unpaired) electrons. The quantitative estimate of drug-likeness (QED) is 0.768. The molecule has 1 heterocycles. The zero-order valence-electron chi connectivity index (χ0n) is 15.4. The lowest BCUT2D eigenvalue weighted by atomic mass is 10.1. The molecular formula is C21H23ClN2O3. The first-order valence-electron chi connectivity index (χ1n) is 9.04. The highest BCUT2D eigenvalue weighted by Crippen LogP contribution is 2.26. The number of anilines is 1. The van der Waals surface area contributed by atoms with Gasteiger partial charge in [-0.2, -0.15) is 0 Å². The lowest BCUT2D eigenvalue weighted by Crippen LogP contribution is -2.36. The molecule has 0 saturated carbocycles. The number of hydrogen-bond donors (Lipinski definition) is 1. The van der Waals surface area contributed by atoms with E-state index in [1.165, 1.54) is 0 Å². The van der Waals surface area contributed by atoms with Gasteiger partial charge in [0.05, 0.1) is 6.10 Å². The molecule has 6 heteroatoms. The van der Waals surface area contributed by atoms with E-state index in [9.17, 15) is 9.59 Å². The Balaban J connectivity index is 1.55. The third-order valence-corrected chi connectivity index (χ3v) is 4.67. The van der Waals surface area contributed by atoms with Gasteiger partial charge in [-0.1, -0.05) is 23.7 Å². The number of halogens is 1. The monoisotopic (exact) mass is 386 g/mol. The molecular weight excluding hydrogens is 364 g/mol. The van der Waals surface area contributed by atoms with Crippen molar-refractivity contribution in [1.29, 1.82) is 0 Å². The van der Waals surface area contributed by atoms with Gasteiger partial charge in [0.2, 0.25) is 11.8 Å². The van der Waals surface area contributed by atoms with Crippen LogP contribution < -0.4 is 15.0 Å². The Morgan fingerprint density at radius 2 is 1.85 bits per heavy atom. The number of hydrogen-bond acceptors (Lipinski definition) is 3. The summed E-state index contributed by atoms with van der Waals surface area (Å²) in [6.07, 6.45) is 0.626. The van der Waals surface area contributed by atoms with E-state index >= 15 is 0 Å². The van der Waals surface area contributed by atoms with Gasteiger partial charge < -0.3 is 15.0 Å². The van der Waals surface area contributed by atoms with Gasteiger partial charge >= 0.3 is 0 Å². The average molecular weight is 387 g/mol. The van der Waals surface area contributed by atoms with Gasteiger partial charge in [-0.05, 0) is 62.2 Å². The van der Waals surface area contributed by atoms with Crippen LogP contribution >= 0.6 is 11.6 Å². The van der Waals surface area contributed by atoms with Crippen molar-refractivity contribution in [3.8, 4) is 5.75 Å². The molecule has 0 spiro atoms. The highest BCUT2D eigenvalue weighted by molar-refractivity contribution is 6.30. The van der Waals surface area contributed by atoms with E-state index < -0.39 is 5.92 Å². The molecule has 1 N–H and O–H groups in total. The summed E-state index contributed by atoms with van der Waals surface area (Å²) in [5.41, 5.74) is 1.72. The van der Waals surface area contributed by atoms with Gasteiger partial charge in [-0.25, -0.2) is 0 Å². The molecule has 0 aromatic heterocycles. The van der Waals surface area contributed by atoms with Crippen LogP contribution in [0.2, 0.25) is 5.02 Å². The number of ether oxygens (including phenoxy) is 1. The summed E-state index contributed by atoms with van der Waals surface area (Å²) in [5, 5.41) is 3.48. The molecule has 1 atom stereocenters. The molecule has 0 bridgehead atoms. The van der Waals surface area contributed by atoms with Crippen LogP contribution in [0.25, 0.3) is 0 Å². The lowest BCUT2D eigenvalue weighted by Gasteiger charge is -2.17. The van der Waals surface area contributed by atoms with Crippen LogP contribution in [0, 0.1) is 5.92 Å². The maximum atomic E-state index is 12.6. The zero-order valence-corrected chi connectivity index (χ0v) is 16.2. The fourth-order valence-corrected chi connectivity index (χ4v) is 3.20. The number of nitrogens with zero attached hydrogens (tertiary/aromatic N) is 1. The predicted octanol–water partition coefficient (Wildman–Crippen LogP) is 3.80. The van der Waals surface area contributed by atoms with E-state index in [-0.39, 0.29) is 17.9 Å².